The maximum atomic E-state index is 13.0. The van der Waals surface area contributed by atoms with Crippen LogP contribution in [0.4, 0.5) is 10.3 Å². The fraction of sp³-hybridized carbons (Fsp3) is 0.300. The van der Waals surface area contributed by atoms with Crippen molar-refractivity contribution >= 4 is 17.0 Å². The molecule has 0 aliphatic carbocycles. The zero-order valence-corrected chi connectivity index (χ0v) is 8.16. The van der Waals surface area contributed by atoms with Gasteiger partial charge in [0.25, 0.3) is 0 Å². The fourth-order valence-electron chi connectivity index (χ4n) is 1.63. The normalized spacial score (nSPS) is 11.4. The molecule has 0 aliphatic heterocycles. The molecule has 0 radical (unpaired) electrons. The van der Waals surface area contributed by atoms with Gasteiger partial charge in [-0.2, -0.15) is 0 Å². The van der Waals surface area contributed by atoms with Crippen molar-refractivity contribution < 1.29 is 4.39 Å². The molecule has 0 unspecified atom stereocenters. The molecular formula is C10H12FN3. The van der Waals surface area contributed by atoms with Crippen LogP contribution in [0, 0.1) is 5.82 Å². The minimum atomic E-state index is -0.265. The van der Waals surface area contributed by atoms with Gasteiger partial charge in [0.15, 0.2) is 0 Å². The van der Waals surface area contributed by atoms with Gasteiger partial charge in [0.1, 0.15) is 5.82 Å². The summed E-state index contributed by atoms with van der Waals surface area (Å²) in [5.41, 5.74) is 7.22. The lowest BCUT2D eigenvalue weighted by atomic mass is 10.3. The first-order valence-corrected chi connectivity index (χ1v) is 4.52. The van der Waals surface area contributed by atoms with Crippen LogP contribution in [0.5, 0.6) is 0 Å². The lowest BCUT2D eigenvalue weighted by molar-refractivity contribution is 0.614. The maximum absolute atomic E-state index is 13.0. The van der Waals surface area contributed by atoms with Gasteiger partial charge in [0.05, 0.1) is 11.0 Å². The molecule has 14 heavy (non-hydrogen) atoms. The molecule has 1 aromatic carbocycles. The van der Waals surface area contributed by atoms with Crippen molar-refractivity contribution in [1.82, 2.24) is 9.55 Å². The summed E-state index contributed by atoms with van der Waals surface area (Å²) in [6, 6.07) is 4.67. The molecule has 1 aromatic heterocycles. The fourth-order valence-corrected chi connectivity index (χ4v) is 1.63. The number of nitrogens with two attached hydrogens (primary N) is 1. The van der Waals surface area contributed by atoms with E-state index < -0.39 is 0 Å². The Morgan fingerprint density at radius 1 is 1.43 bits per heavy atom. The second-order valence-electron chi connectivity index (χ2n) is 3.57. The van der Waals surface area contributed by atoms with Gasteiger partial charge in [-0.25, -0.2) is 9.37 Å². The third-order valence-corrected chi connectivity index (χ3v) is 2.20. The summed E-state index contributed by atoms with van der Waals surface area (Å²) >= 11 is 0. The highest BCUT2D eigenvalue weighted by atomic mass is 19.1. The highest BCUT2D eigenvalue weighted by Crippen LogP contribution is 2.22. The van der Waals surface area contributed by atoms with Crippen molar-refractivity contribution in [2.24, 2.45) is 0 Å². The zero-order chi connectivity index (χ0) is 10.3. The third kappa shape index (κ3) is 1.23. The number of hydrogen-bond acceptors (Lipinski definition) is 2. The Morgan fingerprint density at radius 2 is 2.14 bits per heavy atom. The predicted molar refractivity (Wildman–Crippen MR) is 54.5 cm³/mol. The lowest BCUT2D eigenvalue weighted by Crippen LogP contribution is -2.05. The molecule has 2 aromatic rings. The summed E-state index contributed by atoms with van der Waals surface area (Å²) in [6.07, 6.45) is 0. The predicted octanol–water partition coefficient (Wildman–Crippen LogP) is 2.34. The largest absolute Gasteiger partial charge is 0.369 e. The summed E-state index contributed by atoms with van der Waals surface area (Å²) in [5.74, 6) is 0.167. The van der Waals surface area contributed by atoms with E-state index in [1.165, 1.54) is 12.1 Å². The maximum Gasteiger partial charge on any atom is 0.201 e. The standard InChI is InChI=1S/C10H12FN3/c1-6(2)14-9-5-7(11)3-4-8(9)13-10(14)12/h3-6H,1-2H3,(H2,12,13). The van der Waals surface area contributed by atoms with Crippen molar-refractivity contribution in [3.05, 3.63) is 24.0 Å². The van der Waals surface area contributed by atoms with Crippen molar-refractivity contribution in [1.29, 1.82) is 0 Å². The summed E-state index contributed by atoms with van der Waals surface area (Å²) < 4.78 is 14.8. The van der Waals surface area contributed by atoms with Gasteiger partial charge in [-0.3, -0.25) is 0 Å². The molecule has 1 heterocycles. The highest BCUT2D eigenvalue weighted by molar-refractivity contribution is 5.78. The van der Waals surface area contributed by atoms with Gasteiger partial charge in [0.2, 0.25) is 5.95 Å². The van der Waals surface area contributed by atoms with Gasteiger partial charge in [0, 0.05) is 6.04 Å². The summed E-state index contributed by atoms with van der Waals surface area (Å²) in [4.78, 5) is 4.15. The van der Waals surface area contributed by atoms with Gasteiger partial charge in [-0.15, -0.1) is 0 Å². The van der Waals surface area contributed by atoms with E-state index in [1.807, 2.05) is 18.4 Å². The average molecular weight is 193 g/mol. The molecule has 0 atom stereocenters. The van der Waals surface area contributed by atoms with Crippen molar-refractivity contribution in [3.8, 4) is 0 Å². The Balaban J connectivity index is 2.79. The molecular weight excluding hydrogens is 181 g/mol. The Labute approximate surface area is 81.4 Å². The van der Waals surface area contributed by atoms with E-state index in [0.29, 0.717) is 5.95 Å². The number of benzene rings is 1. The Kier molecular flexibility index (Phi) is 1.91. The van der Waals surface area contributed by atoms with Crippen LogP contribution < -0.4 is 5.73 Å². The zero-order valence-electron chi connectivity index (χ0n) is 8.16. The number of nitrogens with zero attached hydrogens (tertiary/aromatic N) is 2. The first-order valence-electron chi connectivity index (χ1n) is 4.52. The van der Waals surface area contributed by atoms with Gasteiger partial charge in [-0.05, 0) is 32.0 Å². The SMILES string of the molecule is CC(C)n1c(N)nc2ccc(F)cc21. The summed E-state index contributed by atoms with van der Waals surface area (Å²) in [5, 5.41) is 0. The van der Waals surface area contributed by atoms with E-state index in [2.05, 4.69) is 4.98 Å². The highest BCUT2D eigenvalue weighted by Gasteiger charge is 2.10. The van der Waals surface area contributed by atoms with Crippen LogP contribution in [0.15, 0.2) is 18.2 Å². The van der Waals surface area contributed by atoms with E-state index in [0.717, 1.165) is 11.0 Å². The van der Waals surface area contributed by atoms with Crippen LogP contribution in [-0.4, -0.2) is 9.55 Å². The Hall–Kier alpha value is -1.58. The second kappa shape index (κ2) is 2.97. The van der Waals surface area contributed by atoms with Crippen LogP contribution >= 0.6 is 0 Å². The molecule has 2 N–H and O–H groups in total. The van der Waals surface area contributed by atoms with Crippen LogP contribution in [-0.2, 0) is 0 Å². The van der Waals surface area contributed by atoms with E-state index in [9.17, 15) is 4.39 Å². The van der Waals surface area contributed by atoms with Crippen molar-refractivity contribution in [3.63, 3.8) is 0 Å². The van der Waals surface area contributed by atoms with E-state index in [-0.39, 0.29) is 11.9 Å². The molecule has 0 bridgehead atoms. The molecule has 0 fully saturated rings. The molecule has 0 spiro atoms. The number of aromatic nitrogens is 2. The molecule has 0 saturated carbocycles. The third-order valence-electron chi connectivity index (χ3n) is 2.20. The topological polar surface area (TPSA) is 43.8 Å². The molecule has 0 saturated heterocycles. The van der Waals surface area contributed by atoms with E-state index in [1.54, 1.807) is 6.07 Å². The molecule has 0 amide bonds. The van der Waals surface area contributed by atoms with Crippen LogP contribution in [0.1, 0.15) is 19.9 Å². The first kappa shape index (κ1) is 8.99. The number of fused-ring (bicyclic) bond motifs is 1. The smallest absolute Gasteiger partial charge is 0.201 e. The van der Waals surface area contributed by atoms with Crippen LogP contribution in [0.3, 0.4) is 0 Å². The van der Waals surface area contributed by atoms with E-state index >= 15 is 0 Å². The quantitative estimate of drug-likeness (QED) is 0.755. The lowest BCUT2D eigenvalue weighted by Gasteiger charge is -2.09. The van der Waals surface area contributed by atoms with Crippen LogP contribution in [0.2, 0.25) is 0 Å². The number of rotatable bonds is 1. The number of imidazole rings is 1. The molecule has 0 aliphatic rings. The second-order valence-corrected chi connectivity index (χ2v) is 3.57. The van der Waals surface area contributed by atoms with Gasteiger partial charge >= 0.3 is 0 Å². The molecule has 2 rings (SSSR count). The first-order chi connectivity index (χ1) is 6.59. The minimum absolute atomic E-state index is 0.182. The Bertz CT molecular complexity index is 473. The van der Waals surface area contributed by atoms with Gasteiger partial charge in [-0.1, -0.05) is 0 Å². The molecule has 4 heteroatoms. The van der Waals surface area contributed by atoms with E-state index in [4.69, 9.17) is 5.73 Å². The van der Waals surface area contributed by atoms with Gasteiger partial charge < -0.3 is 10.3 Å². The monoisotopic (exact) mass is 193 g/mol. The number of halogens is 1. The molecule has 74 valence electrons. The number of anilines is 1. The number of hydrogen-bond donors (Lipinski definition) is 1. The van der Waals surface area contributed by atoms with Crippen LogP contribution in [0.25, 0.3) is 11.0 Å². The molecule has 3 nitrogen and oxygen atoms in total. The minimum Gasteiger partial charge on any atom is -0.369 e. The summed E-state index contributed by atoms with van der Waals surface area (Å²) in [6.45, 7) is 3.98. The number of nitrogen functional groups attached to an aromatic ring is 1. The average Bonchev–Trinajstić information content (AvgIpc) is 2.40. The summed E-state index contributed by atoms with van der Waals surface area (Å²) in [7, 11) is 0. The Morgan fingerprint density at radius 3 is 2.79 bits per heavy atom. The van der Waals surface area contributed by atoms with Crippen molar-refractivity contribution in [2.45, 2.75) is 19.9 Å². The van der Waals surface area contributed by atoms with Crippen molar-refractivity contribution in [2.75, 3.05) is 5.73 Å².